The van der Waals surface area contributed by atoms with Crippen molar-refractivity contribution in [3.05, 3.63) is 118 Å². The Balaban J connectivity index is 1.45. The van der Waals surface area contributed by atoms with Crippen LogP contribution in [0, 0.1) is 6.92 Å². The lowest BCUT2D eigenvalue weighted by molar-refractivity contribution is 0.111. The highest BCUT2D eigenvalue weighted by Gasteiger charge is 2.17. The van der Waals surface area contributed by atoms with E-state index in [1.807, 2.05) is 67.6 Å². The lowest BCUT2D eigenvalue weighted by atomic mass is 10.2. The van der Waals surface area contributed by atoms with E-state index >= 15 is 0 Å². The Morgan fingerprint density at radius 3 is 2.35 bits per heavy atom. The number of aliphatic hydroxyl groups excluding tert-OH is 1. The summed E-state index contributed by atoms with van der Waals surface area (Å²) in [6.07, 6.45) is 0.618. The molecule has 2 N–H and O–H groups in total. The van der Waals surface area contributed by atoms with Gasteiger partial charge in [0.25, 0.3) is 5.56 Å². The molecular weight excluding hydrogens is 392 g/mol. The number of rotatable bonds is 8. The summed E-state index contributed by atoms with van der Waals surface area (Å²) in [5.74, 6) is 1.20. The van der Waals surface area contributed by atoms with E-state index in [9.17, 15) is 9.90 Å². The number of hydrogen-bond acceptors (Lipinski definition) is 5. The van der Waals surface area contributed by atoms with Crippen molar-refractivity contribution in [2.45, 2.75) is 26.3 Å². The van der Waals surface area contributed by atoms with Crippen molar-refractivity contribution in [1.29, 1.82) is 0 Å². The number of hydrogen-bond donors (Lipinski definition) is 2. The third kappa shape index (κ3) is 5.12. The molecule has 4 aromatic rings. The highest BCUT2D eigenvalue weighted by molar-refractivity contribution is 5.32. The van der Waals surface area contributed by atoms with Crippen molar-refractivity contribution in [2.75, 3.05) is 0 Å². The van der Waals surface area contributed by atoms with Gasteiger partial charge in [-0.15, -0.1) is 0 Å². The highest BCUT2D eigenvalue weighted by atomic mass is 16.5. The summed E-state index contributed by atoms with van der Waals surface area (Å²) in [7, 11) is 0. The molecule has 158 valence electrons. The molecule has 0 radical (unpaired) electrons. The lowest BCUT2D eigenvalue weighted by Gasteiger charge is -2.11. The fraction of sp³-hybridized carbons (Fsp3) is 0.160. The van der Waals surface area contributed by atoms with E-state index in [0.29, 0.717) is 30.5 Å². The Labute approximate surface area is 180 Å². The smallest absolute Gasteiger partial charge is 0.261 e. The zero-order chi connectivity index (χ0) is 21.6. The number of pyridine rings is 1. The van der Waals surface area contributed by atoms with Gasteiger partial charge in [0.1, 0.15) is 12.4 Å². The van der Waals surface area contributed by atoms with Gasteiger partial charge in [0.15, 0.2) is 12.0 Å². The minimum atomic E-state index is -0.988. The quantitative estimate of drug-likeness (QED) is 0.423. The Morgan fingerprint density at radius 2 is 1.68 bits per heavy atom. The number of furan rings is 1. The van der Waals surface area contributed by atoms with E-state index in [2.05, 4.69) is 5.32 Å². The SMILES string of the molecule is Cc1cc(-n2ccc(OCc3ccccc3)cc2=O)oc1C(O)NCc1ccccc1. The molecule has 0 aliphatic rings. The maximum absolute atomic E-state index is 12.6. The first-order chi connectivity index (χ1) is 15.1. The van der Waals surface area contributed by atoms with Crippen LogP contribution < -0.4 is 15.6 Å². The van der Waals surface area contributed by atoms with Crippen molar-refractivity contribution < 1.29 is 14.3 Å². The largest absolute Gasteiger partial charge is 0.489 e. The predicted octanol–water partition coefficient (Wildman–Crippen LogP) is 4.10. The van der Waals surface area contributed by atoms with Crippen LogP contribution in [0.2, 0.25) is 0 Å². The minimum Gasteiger partial charge on any atom is -0.489 e. The normalized spacial score (nSPS) is 11.9. The summed E-state index contributed by atoms with van der Waals surface area (Å²) >= 11 is 0. The monoisotopic (exact) mass is 416 g/mol. The van der Waals surface area contributed by atoms with Crippen LogP contribution in [0.15, 0.2) is 94.3 Å². The number of aromatic nitrogens is 1. The third-order valence-corrected chi connectivity index (χ3v) is 4.91. The second kappa shape index (κ2) is 9.47. The molecule has 0 saturated heterocycles. The maximum atomic E-state index is 12.6. The van der Waals surface area contributed by atoms with Crippen LogP contribution in [0.1, 0.15) is 28.7 Å². The summed E-state index contributed by atoms with van der Waals surface area (Å²) < 4.78 is 12.9. The van der Waals surface area contributed by atoms with Gasteiger partial charge in [-0.1, -0.05) is 60.7 Å². The van der Waals surface area contributed by atoms with Crippen LogP contribution in [0.3, 0.4) is 0 Å². The lowest BCUT2D eigenvalue weighted by Crippen LogP contribution is -2.20. The Hall–Kier alpha value is -3.61. The van der Waals surface area contributed by atoms with E-state index in [1.54, 1.807) is 18.3 Å². The third-order valence-electron chi connectivity index (χ3n) is 4.91. The van der Waals surface area contributed by atoms with E-state index in [1.165, 1.54) is 10.6 Å². The number of aryl methyl sites for hydroxylation is 1. The molecule has 0 aliphatic carbocycles. The zero-order valence-corrected chi connectivity index (χ0v) is 17.2. The molecule has 0 aliphatic heterocycles. The summed E-state index contributed by atoms with van der Waals surface area (Å²) in [6, 6.07) is 24.4. The van der Waals surface area contributed by atoms with Crippen molar-refractivity contribution in [2.24, 2.45) is 0 Å². The highest BCUT2D eigenvalue weighted by Crippen LogP contribution is 2.23. The molecule has 2 heterocycles. The fourth-order valence-corrected chi connectivity index (χ4v) is 3.25. The standard InChI is InChI=1S/C25H24N2O4/c1-18-14-23(31-24(18)25(29)26-16-19-8-4-2-5-9-19)27-13-12-21(15-22(27)28)30-17-20-10-6-3-7-11-20/h2-15,25-26,29H,16-17H2,1H3. The van der Waals surface area contributed by atoms with Crippen LogP contribution in [-0.4, -0.2) is 9.67 Å². The maximum Gasteiger partial charge on any atom is 0.261 e. The van der Waals surface area contributed by atoms with E-state index < -0.39 is 6.23 Å². The summed E-state index contributed by atoms with van der Waals surface area (Å²) in [6.45, 7) is 2.70. The second-order valence-corrected chi connectivity index (χ2v) is 7.25. The molecule has 0 saturated carbocycles. The van der Waals surface area contributed by atoms with Gasteiger partial charge in [0, 0.05) is 24.9 Å². The molecule has 0 spiro atoms. The number of nitrogens with zero attached hydrogens (tertiary/aromatic N) is 1. The van der Waals surface area contributed by atoms with Crippen molar-refractivity contribution in [1.82, 2.24) is 9.88 Å². The minimum absolute atomic E-state index is 0.280. The van der Waals surface area contributed by atoms with Crippen molar-refractivity contribution in [3.63, 3.8) is 0 Å². The molecule has 6 nitrogen and oxygen atoms in total. The first-order valence-electron chi connectivity index (χ1n) is 10.1. The molecule has 4 rings (SSSR count). The number of ether oxygens (including phenoxy) is 1. The van der Waals surface area contributed by atoms with Crippen LogP contribution in [0.4, 0.5) is 0 Å². The van der Waals surface area contributed by atoms with Crippen molar-refractivity contribution >= 4 is 0 Å². The van der Waals surface area contributed by atoms with Gasteiger partial charge in [-0.3, -0.25) is 14.7 Å². The number of benzene rings is 2. The first kappa shape index (κ1) is 20.7. The Kier molecular flexibility index (Phi) is 6.31. The second-order valence-electron chi connectivity index (χ2n) is 7.25. The van der Waals surface area contributed by atoms with Crippen molar-refractivity contribution in [3.8, 4) is 11.6 Å². The fourth-order valence-electron chi connectivity index (χ4n) is 3.25. The van der Waals surface area contributed by atoms with Gasteiger partial charge < -0.3 is 14.3 Å². The summed E-state index contributed by atoms with van der Waals surface area (Å²) in [5.41, 5.74) is 2.54. The molecule has 1 unspecified atom stereocenters. The average Bonchev–Trinajstić information content (AvgIpc) is 3.19. The zero-order valence-electron chi connectivity index (χ0n) is 17.2. The van der Waals surface area contributed by atoms with Gasteiger partial charge in [-0.2, -0.15) is 0 Å². The van der Waals surface area contributed by atoms with E-state index in [4.69, 9.17) is 9.15 Å². The van der Waals surface area contributed by atoms with Crippen LogP contribution in [0.5, 0.6) is 5.75 Å². The van der Waals surface area contributed by atoms with Gasteiger partial charge in [0.2, 0.25) is 5.88 Å². The van der Waals surface area contributed by atoms with Gasteiger partial charge >= 0.3 is 0 Å². The van der Waals surface area contributed by atoms with Gasteiger partial charge in [0.05, 0.1) is 0 Å². The molecule has 6 heteroatoms. The summed E-state index contributed by atoms with van der Waals surface area (Å²) in [4.78, 5) is 12.6. The molecule has 2 aromatic carbocycles. The van der Waals surface area contributed by atoms with Gasteiger partial charge in [-0.05, 0) is 29.7 Å². The molecule has 0 fully saturated rings. The van der Waals surface area contributed by atoms with Crippen LogP contribution in [-0.2, 0) is 13.2 Å². The molecular formula is C25H24N2O4. The van der Waals surface area contributed by atoms with Crippen LogP contribution >= 0.6 is 0 Å². The van der Waals surface area contributed by atoms with Crippen LogP contribution in [0.25, 0.3) is 5.88 Å². The van der Waals surface area contributed by atoms with Gasteiger partial charge in [-0.25, -0.2) is 0 Å². The number of nitrogens with one attached hydrogen (secondary N) is 1. The predicted molar refractivity (Wildman–Crippen MR) is 118 cm³/mol. The molecule has 0 amide bonds. The average molecular weight is 416 g/mol. The van der Waals surface area contributed by atoms with E-state index in [0.717, 1.165) is 16.7 Å². The number of aliphatic hydroxyl groups is 1. The molecule has 2 aromatic heterocycles. The summed E-state index contributed by atoms with van der Waals surface area (Å²) in [5, 5.41) is 13.5. The van der Waals surface area contributed by atoms with E-state index in [-0.39, 0.29) is 5.56 Å². The molecule has 0 bridgehead atoms. The Morgan fingerprint density at radius 1 is 1.00 bits per heavy atom. The first-order valence-corrected chi connectivity index (χ1v) is 10.1. The molecule has 31 heavy (non-hydrogen) atoms. The molecule has 1 atom stereocenters. The topological polar surface area (TPSA) is 76.6 Å². The Bertz CT molecular complexity index is 1180.